The first-order chi connectivity index (χ1) is 13.3. The highest BCUT2D eigenvalue weighted by molar-refractivity contribution is 5.59. The number of aromatic nitrogens is 4. The van der Waals surface area contributed by atoms with Crippen molar-refractivity contribution in [3.05, 3.63) is 48.9 Å². The van der Waals surface area contributed by atoms with E-state index in [4.69, 9.17) is 14.5 Å². The monoisotopic (exact) mass is 365 g/mol. The zero-order valence-electron chi connectivity index (χ0n) is 15.6. The molecule has 7 nitrogen and oxygen atoms in total. The number of ether oxygens (including phenoxy) is 2. The molecule has 7 heteroatoms. The molecule has 4 rings (SSSR count). The molecule has 0 aliphatic carbocycles. The molecule has 140 valence electrons. The number of anilines is 1. The summed E-state index contributed by atoms with van der Waals surface area (Å²) in [6.45, 7) is 1.77. The average Bonchev–Trinajstić information content (AvgIpc) is 3.24. The van der Waals surface area contributed by atoms with E-state index in [0.29, 0.717) is 0 Å². The summed E-state index contributed by atoms with van der Waals surface area (Å²) in [6, 6.07) is 9.70. The van der Waals surface area contributed by atoms with E-state index in [1.54, 1.807) is 20.4 Å². The third-order valence-electron chi connectivity index (χ3n) is 4.83. The van der Waals surface area contributed by atoms with E-state index in [9.17, 15) is 0 Å². The van der Waals surface area contributed by atoms with Gasteiger partial charge in [-0.15, -0.1) is 0 Å². The van der Waals surface area contributed by atoms with Crippen LogP contribution in [0.25, 0.3) is 16.9 Å². The van der Waals surface area contributed by atoms with Crippen molar-refractivity contribution < 1.29 is 9.47 Å². The van der Waals surface area contributed by atoms with Crippen LogP contribution in [0.2, 0.25) is 0 Å². The van der Waals surface area contributed by atoms with E-state index in [2.05, 4.69) is 15.0 Å². The summed E-state index contributed by atoms with van der Waals surface area (Å²) in [7, 11) is 3.42. The van der Waals surface area contributed by atoms with Crippen molar-refractivity contribution in [2.24, 2.45) is 0 Å². The van der Waals surface area contributed by atoms with Crippen molar-refractivity contribution in [1.82, 2.24) is 19.7 Å². The van der Waals surface area contributed by atoms with Gasteiger partial charge in [0.2, 0.25) is 5.95 Å². The van der Waals surface area contributed by atoms with Gasteiger partial charge in [-0.3, -0.25) is 0 Å². The van der Waals surface area contributed by atoms with Gasteiger partial charge < -0.3 is 14.4 Å². The standard InChI is InChI=1S/C20H23N5O2/c1-26-17-6-3-5-16(11-17)25-13-15(12-22-25)19-8-9-21-20(23-19)24-10-4-7-18(14-24)27-2/h3,5-6,8-9,11-13,18H,4,7,10,14H2,1-2H3. The van der Waals surface area contributed by atoms with Gasteiger partial charge in [0.05, 0.1) is 30.8 Å². The topological polar surface area (TPSA) is 65.3 Å². The number of hydrogen-bond acceptors (Lipinski definition) is 6. The maximum absolute atomic E-state index is 5.51. The molecule has 1 unspecified atom stereocenters. The summed E-state index contributed by atoms with van der Waals surface area (Å²) in [6.07, 6.45) is 7.99. The largest absolute Gasteiger partial charge is 0.497 e. The third-order valence-corrected chi connectivity index (χ3v) is 4.83. The van der Waals surface area contributed by atoms with Crippen LogP contribution < -0.4 is 9.64 Å². The fraction of sp³-hybridized carbons (Fsp3) is 0.350. The van der Waals surface area contributed by atoms with Crippen molar-refractivity contribution in [3.63, 3.8) is 0 Å². The molecular weight excluding hydrogens is 342 g/mol. The average molecular weight is 365 g/mol. The minimum atomic E-state index is 0.238. The second-order valence-corrected chi connectivity index (χ2v) is 6.56. The van der Waals surface area contributed by atoms with Crippen LogP contribution in [0.4, 0.5) is 5.95 Å². The molecule has 1 saturated heterocycles. The van der Waals surface area contributed by atoms with Gasteiger partial charge in [0, 0.05) is 44.2 Å². The molecule has 2 aromatic heterocycles. The van der Waals surface area contributed by atoms with Gasteiger partial charge in [-0.05, 0) is 31.0 Å². The molecule has 1 fully saturated rings. The van der Waals surface area contributed by atoms with Crippen LogP contribution in [0, 0.1) is 0 Å². The first kappa shape index (κ1) is 17.5. The van der Waals surface area contributed by atoms with Gasteiger partial charge in [-0.2, -0.15) is 5.10 Å². The summed E-state index contributed by atoms with van der Waals surface area (Å²) < 4.78 is 12.6. The van der Waals surface area contributed by atoms with Gasteiger partial charge in [-0.1, -0.05) is 6.07 Å². The Labute approximate surface area is 158 Å². The molecule has 1 aromatic carbocycles. The summed E-state index contributed by atoms with van der Waals surface area (Å²) in [5.74, 6) is 1.54. The van der Waals surface area contributed by atoms with E-state index in [1.165, 1.54) is 0 Å². The lowest BCUT2D eigenvalue weighted by Gasteiger charge is -2.31. The van der Waals surface area contributed by atoms with Gasteiger partial charge >= 0.3 is 0 Å². The van der Waals surface area contributed by atoms with E-state index in [0.717, 1.165) is 54.6 Å². The van der Waals surface area contributed by atoms with Crippen LogP contribution in [-0.4, -0.2) is 53.2 Å². The molecule has 1 atom stereocenters. The first-order valence-corrected chi connectivity index (χ1v) is 9.07. The maximum Gasteiger partial charge on any atom is 0.225 e. The fourth-order valence-corrected chi connectivity index (χ4v) is 3.32. The third kappa shape index (κ3) is 3.78. The predicted molar refractivity (Wildman–Crippen MR) is 103 cm³/mol. The Morgan fingerprint density at radius 1 is 1.19 bits per heavy atom. The lowest BCUT2D eigenvalue weighted by atomic mass is 10.1. The van der Waals surface area contributed by atoms with E-state index in [1.807, 2.05) is 47.4 Å². The van der Waals surface area contributed by atoms with Gasteiger partial charge in [0.1, 0.15) is 5.75 Å². The zero-order valence-corrected chi connectivity index (χ0v) is 15.6. The Morgan fingerprint density at radius 3 is 2.96 bits per heavy atom. The number of methoxy groups -OCH3 is 2. The van der Waals surface area contributed by atoms with Gasteiger partial charge in [0.15, 0.2) is 0 Å². The predicted octanol–water partition coefficient (Wildman–Crippen LogP) is 2.95. The molecule has 27 heavy (non-hydrogen) atoms. The molecule has 1 aliphatic heterocycles. The molecule has 0 amide bonds. The van der Waals surface area contributed by atoms with Gasteiger partial charge in [0.25, 0.3) is 0 Å². The van der Waals surface area contributed by atoms with Gasteiger partial charge in [-0.25, -0.2) is 14.6 Å². The van der Waals surface area contributed by atoms with Crippen molar-refractivity contribution in [1.29, 1.82) is 0 Å². The Morgan fingerprint density at radius 2 is 2.11 bits per heavy atom. The second kappa shape index (κ2) is 7.75. The van der Waals surface area contributed by atoms with Crippen molar-refractivity contribution >= 4 is 5.95 Å². The maximum atomic E-state index is 5.51. The van der Waals surface area contributed by atoms with Crippen LogP contribution in [0.1, 0.15) is 12.8 Å². The van der Waals surface area contributed by atoms with E-state index in [-0.39, 0.29) is 6.10 Å². The Kier molecular flexibility index (Phi) is 5.02. The van der Waals surface area contributed by atoms with Crippen LogP contribution in [-0.2, 0) is 4.74 Å². The van der Waals surface area contributed by atoms with Crippen molar-refractivity contribution in [2.45, 2.75) is 18.9 Å². The number of benzene rings is 1. The summed E-state index contributed by atoms with van der Waals surface area (Å²) in [4.78, 5) is 11.4. The molecule has 0 spiro atoms. The minimum absolute atomic E-state index is 0.238. The highest BCUT2D eigenvalue weighted by Crippen LogP contribution is 2.23. The van der Waals surface area contributed by atoms with E-state index < -0.39 is 0 Å². The quantitative estimate of drug-likeness (QED) is 0.693. The van der Waals surface area contributed by atoms with Crippen molar-refractivity contribution in [2.75, 3.05) is 32.2 Å². The number of hydrogen-bond donors (Lipinski definition) is 0. The molecular formula is C20H23N5O2. The van der Waals surface area contributed by atoms with Crippen molar-refractivity contribution in [3.8, 4) is 22.7 Å². The minimum Gasteiger partial charge on any atom is -0.497 e. The molecule has 0 bridgehead atoms. The molecule has 3 aromatic rings. The highest BCUT2D eigenvalue weighted by Gasteiger charge is 2.21. The highest BCUT2D eigenvalue weighted by atomic mass is 16.5. The lowest BCUT2D eigenvalue weighted by Crippen LogP contribution is -2.40. The molecule has 1 aliphatic rings. The SMILES string of the molecule is COc1cccc(-n2cc(-c3ccnc(N4CCCC(OC)C4)n3)cn2)c1. The van der Waals surface area contributed by atoms with Crippen LogP contribution in [0.15, 0.2) is 48.9 Å². The zero-order chi connectivity index (χ0) is 18.6. The van der Waals surface area contributed by atoms with E-state index >= 15 is 0 Å². The molecule has 0 N–H and O–H groups in total. The number of nitrogens with zero attached hydrogens (tertiary/aromatic N) is 5. The molecule has 3 heterocycles. The normalized spacial score (nSPS) is 17.1. The number of piperidine rings is 1. The lowest BCUT2D eigenvalue weighted by molar-refractivity contribution is 0.0889. The summed E-state index contributed by atoms with van der Waals surface area (Å²) in [5.41, 5.74) is 2.74. The molecule has 0 saturated carbocycles. The summed E-state index contributed by atoms with van der Waals surface area (Å²) in [5, 5.41) is 4.47. The first-order valence-electron chi connectivity index (χ1n) is 9.07. The summed E-state index contributed by atoms with van der Waals surface area (Å²) >= 11 is 0. The second-order valence-electron chi connectivity index (χ2n) is 6.56. The number of rotatable bonds is 5. The van der Waals surface area contributed by atoms with Crippen LogP contribution in [0.5, 0.6) is 5.75 Å². The van der Waals surface area contributed by atoms with Crippen LogP contribution >= 0.6 is 0 Å². The molecule has 0 radical (unpaired) electrons. The van der Waals surface area contributed by atoms with Crippen LogP contribution in [0.3, 0.4) is 0 Å². The fourth-order valence-electron chi connectivity index (χ4n) is 3.32. The Hall–Kier alpha value is -2.93. The smallest absolute Gasteiger partial charge is 0.225 e. The Bertz CT molecular complexity index is 911. The Balaban J connectivity index is 1.58.